The van der Waals surface area contributed by atoms with E-state index in [1.165, 1.54) is 0 Å². The molecular formula is C17H13N3O. The van der Waals surface area contributed by atoms with E-state index < -0.39 is 0 Å². The van der Waals surface area contributed by atoms with Gasteiger partial charge in [0.2, 0.25) is 0 Å². The van der Waals surface area contributed by atoms with Crippen molar-refractivity contribution < 1.29 is 4.42 Å². The molecule has 0 amide bonds. The van der Waals surface area contributed by atoms with Gasteiger partial charge in [0.05, 0.1) is 29.5 Å². The highest BCUT2D eigenvalue weighted by Crippen LogP contribution is 2.21. The minimum atomic E-state index is 0.725. The lowest BCUT2D eigenvalue weighted by Gasteiger charge is -1.95. The molecule has 0 spiro atoms. The zero-order chi connectivity index (χ0) is 14.3. The molecule has 21 heavy (non-hydrogen) atoms. The van der Waals surface area contributed by atoms with Gasteiger partial charge in [-0.1, -0.05) is 18.2 Å². The van der Waals surface area contributed by atoms with E-state index in [0.717, 1.165) is 22.8 Å². The summed E-state index contributed by atoms with van der Waals surface area (Å²) in [6, 6.07) is 20.8. The van der Waals surface area contributed by atoms with Crippen LogP contribution in [0.25, 0.3) is 0 Å². The summed E-state index contributed by atoms with van der Waals surface area (Å²) in [7, 11) is 0. The van der Waals surface area contributed by atoms with Gasteiger partial charge in [0.25, 0.3) is 0 Å². The van der Waals surface area contributed by atoms with Crippen molar-refractivity contribution >= 4 is 23.3 Å². The normalized spacial score (nSPS) is 11.4. The molecular weight excluding hydrogens is 262 g/mol. The number of benzene rings is 2. The monoisotopic (exact) mass is 275 g/mol. The van der Waals surface area contributed by atoms with Crippen LogP contribution in [0.2, 0.25) is 0 Å². The minimum absolute atomic E-state index is 0.725. The van der Waals surface area contributed by atoms with Gasteiger partial charge in [-0.3, -0.25) is 4.99 Å². The van der Waals surface area contributed by atoms with Gasteiger partial charge in [-0.15, -0.1) is 0 Å². The van der Waals surface area contributed by atoms with Crippen LogP contribution in [0.5, 0.6) is 0 Å². The van der Waals surface area contributed by atoms with Gasteiger partial charge in [0.15, 0.2) is 0 Å². The number of rotatable bonds is 4. The summed E-state index contributed by atoms with van der Waals surface area (Å²) in [5.41, 5.74) is 2.46. The number of azo groups is 1. The van der Waals surface area contributed by atoms with Crippen LogP contribution in [-0.4, -0.2) is 6.21 Å². The van der Waals surface area contributed by atoms with Gasteiger partial charge in [-0.25, -0.2) is 0 Å². The van der Waals surface area contributed by atoms with E-state index in [-0.39, 0.29) is 0 Å². The third kappa shape index (κ3) is 3.73. The lowest BCUT2D eigenvalue weighted by Crippen LogP contribution is -1.73. The Morgan fingerprint density at radius 3 is 2.00 bits per heavy atom. The molecule has 1 heterocycles. The second-order valence-electron chi connectivity index (χ2n) is 4.33. The quantitative estimate of drug-likeness (QED) is 0.461. The fourth-order valence-corrected chi connectivity index (χ4v) is 1.72. The Kier molecular flexibility index (Phi) is 3.98. The Hall–Kier alpha value is -3.01. The highest BCUT2D eigenvalue weighted by molar-refractivity contribution is 5.78. The highest BCUT2D eigenvalue weighted by atomic mass is 16.3. The van der Waals surface area contributed by atoms with Gasteiger partial charge >= 0.3 is 0 Å². The SMILES string of the molecule is C(=Nc1ccc(N=Nc2ccccc2)cc1)c1ccco1. The standard InChI is InChI=1S/C17H13N3O/c1-2-5-15(6-3-1)19-20-16-10-8-14(9-11-16)18-13-17-7-4-12-21-17/h1-13H. The number of hydrogen-bond donors (Lipinski definition) is 0. The van der Waals surface area contributed by atoms with Crippen LogP contribution in [-0.2, 0) is 0 Å². The molecule has 0 bridgehead atoms. The summed E-state index contributed by atoms with van der Waals surface area (Å²) < 4.78 is 5.18. The van der Waals surface area contributed by atoms with Crippen LogP contribution in [0, 0.1) is 0 Å². The van der Waals surface area contributed by atoms with E-state index >= 15 is 0 Å². The molecule has 4 heteroatoms. The molecule has 1 aromatic heterocycles. The summed E-state index contributed by atoms with van der Waals surface area (Å²) in [5.74, 6) is 0.725. The van der Waals surface area contributed by atoms with Crippen molar-refractivity contribution in [3.8, 4) is 0 Å². The Morgan fingerprint density at radius 2 is 1.33 bits per heavy atom. The van der Waals surface area contributed by atoms with Crippen molar-refractivity contribution in [2.75, 3.05) is 0 Å². The molecule has 3 aromatic rings. The molecule has 3 rings (SSSR count). The minimum Gasteiger partial charge on any atom is -0.463 e. The first-order valence-electron chi connectivity index (χ1n) is 6.54. The van der Waals surface area contributed by atoms with E-state index in [9.17, 15) is 0 Å². The van der Waals surface area contributed by atoms with Crippen molar-refractivity contribution in [1.82, 2.24) is 0 Å². The molecule has 0 aliphatic rings. The van der Waals surface area contributed by atoms with E-state index in [0.29, 0.717) is 0 Å². The zero-order valence-corrected chi connectivity index (χ0v) is 11.3. The predicted molar refractivity (Wildman–Crippen MR) is 83.0 cm³/mol. The molecule has 0 aliphatic heterocycles. The third-order valence-electron chi connectivity index (χ3n) is 2.77. The molecule has 0 unspecified atom stereocenters. The second-order valence-corrected chi connectivity index (χ2v) is 4.33. The first kappa shape index (κ1) is 13.0. The lowest BCUT2D eigenvalue weighted by molar-refractivity contribution is 0.560. The number of aliphatic imine (C=N–C) groups is 1. The van der Waals surface area contributed by atoms with Crippen molar-refractivity contribution in [2.24, 2.45) is 15.2 Å². The summed E-state index contributed by atoms with van der Waals surface area (Å²) in [5, 5.41) is 8.35. The predicted octanol–water partition coefficient (Wildman–Crippen LogP) is 5.45. The Bertz CT molecular complexity index is 729. The summed E-state index contributed by atoms with van der Waals surface area (Å²) in [6.07, 6.45) is 3.30. The first-order chi connectivity index (χ1) is 10.4. The molecule has 0 atom stereocenters. The van der Waals surface area contributed by atoms with Gasteiger partial charge in [-0.2, -0.15) is 10.2 Å². The molecule has 0 aliphatic carbocycles. The van der Waals surface area contributed by atoms with Crippen LogP contribution in [0.4, 0.5) is 17.1 Å². The summed E-state index contributed by atoms with van der Waals surface area (Å²) in [6.45, 7) is 0. The Labute approximate surface area is 122 Å². The fourth-order valence-electron chi connectivity index (χ4n) is 1.72. The average molecular weight is 275 g/mol. The van der Waals surface area contributed by atoms with Crippen molar-refractivity contribution in [1.29, 1.82) is 0 Å². The second kappa shape index (κ2) is 6.43. The topological polar surface area (TPSA) is 50.2 Å². The Morgan fingerprint density at radius 1 is 0.667 bits per heavy atom. The molecule has 0 saturated heterocycles. The third-order valence-corrected chi connectivity index (χ3v) is 2.77. The molecule has 0 saturated carbocycles. The van der Waals surface area contributed by atoms with E-state index in [1.54, 1.807) is 12.5 Å². The van der Waals surface area contributed by atoms with Crippen LogP contribution in [0.1, 0.15) is 5.76 Å². The van der Waals surface area contributed by atoms with E-state index in [2.05, 4.69) is 15.2 Å². The molecule has 102 valence electrons. The smallest absolute Gasteiger partial charge is 0.144 e. The van der Waals surface area contributed by atoms with Gasteiger partial charge < -0.3 is 4.42 Å². The van der Waals surface area contributed by atoms with Gasteiger partial charge in [0, 0.05) is 0 Å². The van der Waals surface area contributed by atoms with Crippen molar-refractivity contribution in [3.63, 3.8) is 0 Å². The maximum absolute atomic E-state index is 5.18. The van der Waals surface area contributed by atoms with Gasteiger partial charge in [0.1, 0.15) is 5.76 Å². The summed E-state index contributed by atoms with van der Waals surface area (Å²) in [4.78, 5) is 4.32. The number of hydrogen-bond acceptors (Lipinski definition) is 4. The van der Waals surface area contributed by atoms with Crippen molar-refractivity contribution in [3.05, 3.63) is 78.8 Å². The van der Waals surface area contributed by atoms with Crippen LogP contribution < -0.4 is 0 Å². The molecule has 4 nitrogen and oxygen atoms in total. The molecule has 0 fully saturated rings. The lowest BCUT2D eigenvalue weighted by atomic mass is 10.3. The summed E-state index contributed by atoms with van der Waals surface area (Å²) >= 11 is 0. The highest BCUT2D eigenvalue weighted by Gasteiger charge is 1.93. The van der Waals surface area contributed by atoms with Gasteiger partial charge in [-0.05, 0) is 48.5 Å². The largest absolute Gasteiger partial charge is 0.463 e. The van der Waals surface area contributed by atoms with Crippen LogP contribution in [0.3, 0.4) is 0 Å². The Balaban J connectivity index is 1.68. The van der Waals surface area contributed by atoms with E-state index in [4.69, 9.17) is 4.42 Å². The van der Waals surface area contributed by atoms with Crippen LogP contribution >= 0.6 is 0 Å². The number of nitrogens with zero attached hydrogens (tertiary/aromatic N) is 3. The van der Waals surface area contributed by atoms with E-state index in [1.807, 2.05) is 66.7 Å². The molecule has 2 aromatic carbocycles. The molecule has 0 radical (unpaired) electrons. The average Bonchev–Trinajstić information content (AvgIpc) is 3.06. The maximum atomic E-state index is 5.18. The molecule has 0 N–H and O–H groups in total. The maximum Gasteiger partial charge on any atom is 0.144 e. The van der Waals surface area contributed by atoms with Crippen LogP contribution in [0.15, 0.2) is 92.6 Å². The van der Waals surface area contributed by atoms with Crippen molar-refractivity contribution in [2.45, 2.75) is 0 Å². The zero-order valence-electron chi connectivity index (χ0n) is 11.3. The fraction of sp³-hybridized carbons (Fsp3) is 0. The number of furan rings is 1. The first-order valence-corrected chi connectivity index (χ1v) is 6.54.